The van der Waals surface area contributed by atoms with E-state index in [1.165, 1.54) is 10.5 Å². The zero-order chi connectivity index (χ0) is 19.0. The van der Waals surface area contributed by atoms with Crippen LogP contribution >= 0.6 is 0 Å². The van der Waals surface area contributed by atoms with E-state index >= 15 is 0 Å². The quantitative estimate of drug-likeness (QED) is 0.781. The van der Waals surface area contributed by atoms with E-state index < -0.39 is 0 Å². The third kappa shape index (κ3) is 3.03. The molecule has 27 heavy (non-hydrogen) atoms. The van der Waals surface area contributed by atoms with Crippen molar-refractivity contribution in [3.8, 4) is 0 Å². The van der Waals surface area contributed by atoms with Gasteiger partial charge < -0.3 is 4.90 Å². The lowest BCUT2D eigenvalue weighted by Crippen LogP contribution is -2.37. The molecule has 0 fully saturated rings. The van der Waals surface area contributed by atoms with E-state index in [2.05, 4.69) is 13.0 Å². The molecule has 2 aliphatic heterocycles. The van der Waals surface area contributed by atoms with Crippen LogP contribution < -0.4 is 4.90 Å². The van der Waals surface area contributed by atoms with Gasteiger partial charge in [-0.15, -0.1) is 0 Å². The molecule has 0 radical (unpaired) electrons. The lowest BCUT2D eigenvalue weighted by molar-refractivity contribution is -0.118. The van der Waals surface area contributed by atoms with E-state index in [0.29, 0.717) is 36.4 Å². The molecule has 5 heteroatoms. The van der Waals surface area contributed by atoms with Gasteiger partial charge >= 0.3 is 0 Å². The standard InChI is InChI=1S/C22H22N2O3/c1-15-12-14-23(19-10-5-4-7-16(15)19)20(25)11-6-13-24-21(26)17-8-2-3-9-18(17)22(24)27/h2-5,7-10,15H,6,11-14H2,1H3. The predicted molar refractivity (Wildman–Crippen MR) is 103 cm³/mol. The normalized spacial score (nSPS) is 18.5. The molecule has 0 aromatic heterocycles. The number of hydrogen-bond acceptors (Lipinski definition) is 3. The number of amides is 3. The minimum atomic E-state index is -0.264. The van der Waals surface area contributed by atoms with E-state index in [4.69, 9.17) is 0 Å². The average Bonchev–Trinajstić information content (AvgIpc) is 2.93. The summed E-state index contributed by atoms with van der Waals surface area (Å²) in [5.74, 6) is -0.0325. The molecule has 0 saturated carbocycles. The number of para-hydroxylation sites is 1. The van der Waals surface area contributed by atoms with Gasteiger partial charge in [0, 0.05) is 25.2 Å². The molecule has 0 bridgehead atoms. The zero-order valence-corrected chi connectivity index (χ0v) is 15.4. The highest BCUT2D eigenvalue weighted by Gasteiger charge is 2.35. The monoisotopic (exact) mass is 362 g/mol. The first-order valence-electron chi connectivity index (χ1n) is 9.42. The van der Waals surface area contributed by atoms with Gasteiger partial charge in [0.25, 0.3) is 11.8 Å². The summed E-state index contributed by atoms with van der Waals surface area (Å²) in [6, 6.07) is 14.9. The van der Waals surface area contributed by atoms with Crippen molar-refractivity contribution >= 4 is 23.4 Å². The Bertz CT molecular complexity index is 886. The van der Waals surface area contributed by atoms with Crippen LogP contribution in [0.1, 0.15) is 58.4 Å². The van der Waals surface area contributed by atoms with E-state index in [-0.39, 0.29) is 24.3 Å². The molecule has 5 nitrogen and oxygen atoms in total. The summed E-state index contributed by atoms with van der Waals surface area (Å²) in [4.78, 5) is 40.6. The second kappa shape index (κ2) is 6.99. The van der Waals surface area contributed by atoms with E-state index in [0.717, 1.165) is 12.1 Å². The minimum absolute atomic E-state index is 0.0472. The Hall–Kier alpha value is -2.95. The molecule has 3 amide bonds. The first-order valence-corrected chi connectivity index (χ1v) is 9.42. The number of imide groups is 1. The van der Waals surface area contributed by atoms with Gasteiger partial charge in [0.2, 0.25) is 5.91 Å². The number of nitrogens with zero attached hydrogens (tertiary/aromatic N) is 2. The zero-order valence-electron chi connectivity index (χ0n) is 15.4. The van der Waals surface area contributed by atoms with E-state index in [9.17, 15) is 14.4 Å². The van der Waals surface area contributed by atoms with Crippen molar-refractivity contribution in [3.05, 3.63) is 65.2 Å². The van der Waals surface area contributed by atoms with Gasteiger partial charge in [0.05, 0.1) is 11.1 Å². The SMILES string of the molecule is CC1CCN(C(=O)CCCN2C(=O)c3ccccc3C2=O)c2ccccc21. The predicted octanol–water partition coefficient (Wildman–Crippen LogP) is 3.60. The molecule has 4 rings (SSSR count). The van der Waals surface area contributed by atoms with Crippen LogP contribution in [0.4, 0.5) is 5.69 Å². The van der Waals surface area contributed by atoms with Gasteiger partial charge in [-0.1, -0.05) is 37.3 Å². The van der Waals surface area contributed by atoms with Crippen LogP contribution in [0.3, 0.4) is 0 Å². The van der Waals surface area contributed by atoms with Crippen molar-refractivity contribution < 1.29 is 14.4 Å². The lowest BCUT2D eigenvalue weighted by atomic mass is 9.91. The van der Waals surface area contributed by atoms with Crippen molar-refractivity contribution in [2.24, 2.45) is 0 Å². The van der Waals surface area contributed by atoms with E-state index in [1.54, 1.807) is 24.3 Å². The maximum atomic E-state index is 12.8. The fourth-order valence-corrected chi connectivity index (χ4v) is 3.97. The average molecular weight is 362 g/mol. The highest BCUT2D eigenvalue weighted by Crippen LogP contribution is 2.35. The molecule has 0 aliphatic carbocycles. The van der Waals surface area contributed by atoms with Crippen LogP contribution in [-0.2, 0) is 4.79 Å². The number of hydrogen-bond donors (Lipinski definition) is 0. The number of carbonyl (C=O) groups is 3. The molecule has 2 heterocycles. The van der Waals surface area contributed by atoms with Crippen LogP contribution in [-0.4, -0.2) is 35.7 Å². The summed E-state index contributed by atoms with van der Waals surface area (Å²) in [5.41, 5.74) is 3.10. The minimum Gasteiger partial charge on any atom is -0.312 e. The second-order valence-electron chi connectivity index (χ2n) is 7.20. The number of carbonyl (C=O) groups excluding carboxylic acids is 3. The molecule has 2 aromatic carbocycles. The Morgan fingerprint density at radius 1 is 1.00 bits per heavy atom. The maximum Gasteiger partial charge on any atom is 0.261 e. The summed E-state index contributed by atoms with van der Waals surface area (Å²) < 4.78 is 0. The molecular formula is C22H22N2O3. The summed E-state index contributed by atoms with van der Waals surface area (Å²) in [7, 11) is 0. The van der Waals surface area contributed by atoms with Gasteiger partial charge in [-0.2, -0.15) is 0 Å². The Morgan fingerprint density at radius 2 is 1.63 bits per heavy atom. The number of rotatable bonds is 4. The molecular weight excluding hydrogens is 340 g/mol. The molecule has 0 saturated heterocycles. The summed E-state index contributed by atoms with van der Waals surface area (Å²) in [6.07, 6.45) is 1.73. The van der Waals surface area contributed by atoms with Crippen molar-refractivity contribution in [1.82, 2.24) is 4.90 Å². The Kier molecular flexibility index (Phi) is 4.52. The number of fused-ring (bicyclic) bond motifs is 2. The molecule has 0 N–H and O–H groups in total. The Morgan fingerprint density at radius 3 is 2.33 bits per heavy atom. The topological polar surface area (TPSA) is 57.7 Å². The highest BCUT2D eigenvalue weighted by atomic mass is 16.2. The molecule has 1 unspecified atom stereocenters. The number of benzene rings is 2. The number of anilines is 1. The van der Waals surface area contributed by atoms with Crippen molar-refractivity contribution in [2.45, 2.75) is 32.1 Å². The molecule has 0 spiro atoms. The van der Waals surface area contributed by atoms with Crippen LogP contribution in [0.5, 0.6) is 0 Å². The van der Waals surface area contributed by atoms with Crippen molar-refractivity contribution in [3.63, 3.8) is 0 Å². The first-order chi connectivity index (χ1) is 13.1. The summed E-state index contributed by atoms with van der Waals surface area (Å²) in [5, 5.41) is 0. The van der Waals surface area contributed by atoms with Crippen LogP contribution in [0.15, 0.2) is 48.5 Å². The summed E-state index contributed by atoms with van der Waals surface area (Å²) in [6.45, 7) is 3.16. The third-order valence-electron chi connectivity index (χ3n) is 5.50. The molecule has 2 aliphatic rings. The second-order valence-corrected chi connectivity index (χ2v) is 7.20. The summed E-state index contributed by atoms with van der Waals surface area (Å²) >= 11 is 0. The van der Waals surface area contributed by atoms with Crippen LogP contribution in [0.2, 0.25) is 0 Å². The third-order valence-corrected chi connectivity index (χ3v) is 5.50. The van der Waals surface area contributed by atoms with Gasteiger partial charge in [-0.25, -0.2) is 0 Å². The van der Waals surface area contributed by atoms with Gasteiger partial charge in [-0.3, -0.25) is 19.3 Å². The lowest BCUT2D eigenvalue weighted by Gasteiger charge is -2.33. The Balaban J connectivity index is 1.39. The van der Waals surface area contributed by atoms with Crippen molar-refractivity contribution in [1.29, 1.82) is 0 Å². The van der Waals surface area contributed by atoms with Crippen molar-refractivity contribution in [2.75, 3.05) is 18.0 Å². The fourth-order valence-electron chi connectivity index (χ4n) is 3.97. The fraction of sp³-hybridized carbons (Fsp3) is 0.318. The Labute approximate surface area is 158 Å². The van der Waals surface area contributed by atoms with Crippen LogP contribution in [0.25, 0.3) is 0 Å². The van der Waals surface area contributed by atoms with E-state index in [1.807, 2.05) is 23.1 Å². The first kappa shape index (κ1) is 17.5. The molecule has 1 atom stereocenters. The highest BCUT2D eigenvalue weighted by molar-refractivity contribution is 6.21. The van der Waals surface area contributed by atoms with Crippen LogP contribution in [0, 0.1) is 0 Å². The maximum absolute atomic E-state index is 12.8. The van der Waals surface area contributed by atoms with Gasteiger partial charge in [0.15, 0.2) is 0 Å². The van der Waals surface area contributed by atoms with Gasteiger partial charge in [-0.05, 0) is 42.5 Å². The van der Waals surface area contributed by atoms with Gasteiger partial charge in [0.1, 0.15) is 0 Å². The molecule has 2 aromatic rings. The largest absolute Gasteiger partial charge is 0.312 e. The molecule has 138 valence electrons. The smallest absolute Gasteiger partial charge is 0.261 e.